The summed E-state index contributed by atoms with van der Waals surface area (Å²) in [5.74, 6) is -0.593. The van der Waals surface area contributed by atoms with Gasteiger partial charge in [0, 0.05) is 26.2 Å². The van der Waals surface area contributed by atoms with Gasteiger partial charge < -0.3 is 14.4 Å². The maximum Gasteiger partial charge on any atom is 0.343 e. The molecule has 2 heterocycles. The van der Waals surface area contributed by atoms with Crippen molar-refractivity contribution in [3.63, 3.8) is 0 Å². The van der Waals surface area contributed by atoms with E-state index in [2.05, 4.69) is 9.88 Å². The van der Waals surface area contributed by atoms with E-state index in [0.29, 0.717) is 32.8 Å². The number of likely N-dealkylation sites (N-methyl/N-ethyl adjacent to an activating group) is 1. The van der Waals surface area contributed by atoms with Gasteiger partial charge in [-0.25, -0.2) is 18.2 Å². The summed E-state index contributed by atoms with van der Waals surface area (Å²) in [6, 6.07) is 1.28. The lowest BCUT2D eigenvalue weighted by molar-refractivity contribution is 0.0594. The summed E-state index contributed by atoms with van der Waals surface area (Å²) in [5, 5.41) is 0. The molecule has 0 atom stereocenters. The van der Waals surface area contributed by atoms with E-state index in [4.69, 9.17) is 9.47 Å². The molecule has 1 fully saturated rings. The Morgan fingerprint density at radius 1 is 1.29 bits per heavy atom. The Morgan fingerprint density at radius 2 is 1.96 bits per heavy atom. The molecule has 0 radical (unpaired) electrons. The monoisotopic (exact) mass is 357 g/mol. The molecule has 0 unspecified atom stereocenters. The smallest absolute Gasteiger partial charge is 0.343 e. The molecular weight excluding hydrogens is 334 g/mol. The lowest BCUT2D eigenvalue weighted by atomic mass is 10.3. The first-order valence-corrected chi connectivity index (χ1v) is 9.24. The average Bonchev–Trinajstić information content (AvgIpc) is 2.59. The molecule has 1 aliphatic heterocycles. The van der Waals surface area contributed by atoms with Crippen molar-refractivity contribution in [2.24, 2.45) is 0 Å². The number of esters is 1. The number of piperazine rings is 1. The number of rotatable bonds is 6. The SMILES string of the molecule is CCCOc1ncc(S(=O)(=O)N2CCN(C)CC2)cc1C(=O)OC. The third-order valence-electron chi connectivity index (χ3n) is 3.77. The number of aromatic nitrogens is 1. The molecule has 2 rings (SSSR count). The lowest BCUT2D eigenvalue weighted by Gasteiger charge is -2.31. The van der Waals surface area contributed by atoms with Crippen molar-refractivity contribution < 1.29 is 22.7 Å². The Labute approximate surface area is 142 Å². The zero-order valence-electron chi connectivity index (χ0n) is 14.2. The number of hydrogen-bond donors (Lipinski definition) is 0. The van der Waals surface area contributed by atoms with Gasteiger partial charge >= 0.3 is 5.97 Å². The molecule has 0 saturated carbocycles. The fraction of sp³-hybridized carbons (Fsp3) is 0.600. The topological polar surface area (TPSA) is 89.0 Å². The minimum Gasteiger partial charge on any atom is -0.477 e. The summed E-state index contributed by atoms with van der Waals surface area (Å²) in [5.41, 5.74) is 0.0150. The van der Waals surface area contributed by atoms with Crippen molar-refractivity contribution in [3.05, 3.63) is 17.8 Å². The molecule has 0 spiro atoms. The average molecular weight is 357 g/mol. The fourth-order valence-electron chi connectivity index (χ4n) is 2.32. The highest BCUT2D eigenvalue weighted by atomic mass is 32.2. The van der Waals surface area contributed by atoms with Crippen LogP contribution in [0.25, 0.3) is 0 Å². The predicted octanol–water partition coefficient (Wildman–Crippen LogP) is 0.593. The fourth-order valence-corrected chi connectivity index (χ4v) is 3.72. The molecule has 8 nitrogen and oxygen atoms in total. The van der Waals surface area contributed by atoms with Crippen LogP contribution in [0.1, 0.15) is 23.7 Å². The summed E-state index contributed by atoms with van der Waals surface area (Å²) >= 11 is 0. The van der Waals surface area contributed by atoms with Crippen LogP contribution in [0.3, 0.4) is 0 Å². The van der Waals surface area contributed by atoms with Gasteiger partial charge in [0.25, 0.3) is 0 Å². The minimum absolute atomic E-state index is 0.0150. The second-order valence-corrected chi connectivity index (χ2v) is 7.51. The second-order valence-electron chi connectivity index (χ2n) is 5.57. The van der Waals surface area contributed by atoms with Crippen molar-refractivity contribution in [1.29, 1.82) is 0 Å². The first-order chi connectivity index (χ1) is 11.4. The van der Waals surface area contributed by atoms with Gasteiger partial charge in [-0.2, -0.15) is 4.31 Å². The largest absolute Gasteiger partial charge is 0.477 e. The maximum absolute atomic E-state index is 12.8. The van der Waals surface area contributed by atoms with Crippen LogP contribution in [-0.2, 0) is 14.8 Å². The van der Waals surface area contributed by atoms with E-state index in [1.807, 2.05) is 14.0 Å². The minimum atomic E-state index is -3.71. The Kier molecular flexibility index (Phi) is 6.14. The second kappa shape index (κ2) is 7.91. The maximum atomic E-state index is 12.8. The number of methoxy groups -OCH3 is 1. The van der Waals surface area contributed by atoms with Crippen molar-refractivity contribution in [2.45, 2.75) is 18.2 Å². The highest BCUT2D eigenvalue weighted by Crippen LogP contribution is 2.23. The molecule has 0 aromatic carbocycles. The summed E-state index contributed by atoms with van der Waals surface area (Å²) in [4.78, 5) is 18.0. The van der Waals surface area contributed by atoms with Crippen LogP contribution >= 0.6 is 0 Å². The molecule has 24 heavy (non-hydrogen) atoms. The summed E-state index contributed by atoms with van der Waals surface area (Å²) in [7, 11) is -0.531. The van der Waals surface area contributed by atoms with E-state index in [9.17, 15) is 13.2 Å². The van der Waals surface area contributed by atoms with Gasteiger partial charge in [-0.3, -0.25) is 0 Å². The third-order valence-corrected chi connectivity index (χ3v) is 5.64. The molecule has 1 saturated heterocycles. The molecule has 0 aliphatic carbocycles. The molecule has 1 aromatic rings. The zero-order chi connectivity index (χ0) is 17.7. The van der Waals surface area contributed by atoms with Crippen LogP contribution in [0.2, 0.25) is 0 Å². The molecule has 0 bridgehead atoms. The van der Waals surface area contributed by atoms with E-state index in [1.165, 1.54) is 23.7 Å². The quantitative estimate of drug-likeness (QED) is 0.689. The van der Waals surface area contributed by atoms with Crippen LogP contribution in [0.5, 0.6) is 5.88 Å². The standard InChI is InChI=1S/C15H23N3O5S/c1-4-9-23-14-13(15(19)22-3)10-12(11-16-14)24(20,21)18-7-5-17(2)6-8-18/h10-11H,4-9H2,1-3H3. The van der Waals surface area contributed by atoms with Crippen molar-refractivity contribution in [3.8, 4) is 5.88 Å². The van der Waals surface area contributed by atoms with Gasteiger partial charge in [-0.15, -0.1) is 0 Å². The Morgan fingerprint density at radius 3 is 2.54 bits per heavy atom. The van der Waals surface area contributed by atoms with Crippen molar-refractivity contribution in [1.82, 2.24) is 14.2 Å². The first kappa shape index (κ1) is 18.6. The van der Waals surface area contributed by atoms with Gasteiger partial charge in [-0.1, -0.05) is 6.92 Å². The van der Waals surface area contributed by atoms with Crippen molar-refractivity contribution >= 4 is 16.0 Å². The highest BCUT2D eigenvalue weighted by molar-refractivity contribution is 7.89. The summed E-state index contributed by atoms with van der Waals surface area (Å²) < 4.78 is 37.0. The van der Waals surface area contributed by atoms with Gasteiger partial charge in [0.1, 0.15) is 10.5 Å². The Hall–Kier alpha value is -1.71. The molecule has 0 amide bonds. The van der Waals surface area contributed by atoms with Gasteiger partial charge in [0.05, 0.1) is 19.9 Å². The van der Waals surface area contributed by atoms with Crippen LogP contribution < -0.4 is 4.74 Å². The predicted molar refractivity (Wildman–Crippen MR) is 87.6 cm³/mol. The number of ether oxygens (including phenoxy) is 2. The van der Waals surface area contributed by atoms with Crippen LogP contribution in [0, 0.1) is 0 Å². The lowest BCUT2D eigenvalue weighted by Crippen LogP contribution is -2.47. The Bertz CT molecular complexity index is 684. The molecule has 134 valence electrons. The summed E-state index contributed by atoms with van der Waals surface area (Å²) in [6.45, 7) is 4.43. The molecular formula is C15H23N3O5S. The van der Waals surface area contributed by atoms with E-state index in [0.717, 1.165) is 6.42 Å². The molecule has 1 aromatic heterocycles. The van der Waals surface area contributed by atoms with Crippen LogP contribution in [-0.4, -0.2) is 75.5 Å². The van der Waals surface area contributed by atoms with Crippen LogP contribution in [0.15, 0.2) is 17.2 Å². The zero-order valence-corrected chi connectivity index (χ0v) is 15.0. The normalized spacial score (nSPS) is 16.8. The van der Waals surface area contributed by atoms with E-state index in [1.54, 1.807) is 0 Å². The number of nitrogens with zero attached hydrogens (tertiary/aromatic N) is 3. The van der Waals surface area contributed by atoms with Crippen molar-refractivity contribution in [2.75, 3.05) is 46.9 Å². The number of sulfonamides is 1. The number of carbonyl (C=O) groups excluding carboxylic acids is 1. The summed E-state index contributed by atoms with van der Waals surface area (Å²) in [6.07, 6.45) is 1.97. The third kappa shape index (κ3) is 4.03. The van der Waals surface area contributed by atoms with E-state index in [-0.39, 0.29) is 16.3 Å². The Balaban J connectivity index is 2.34. The number of carbonyl (C=O) groups is 1. The number of pyridine rings is 1. The molecule has 0 N–H and O–H groups in total. The van der Waals surface area contributed by atoms with Gasteiger partial charge in [0.2, 0.25) is 15.9 Å². The molecule has 9 heteroatoms. The van der Waals surface area contributed by atoms with Crippen LogP contribution in [0.4, 0.5) is 0 Å². The van der Waals surface area contributed by atoms with E-state index < -0.39 is 16.0 Å². The highest BCUT2D eigenvalue weighted by Gasteiger charge is 2.29. The number of hydrogen-bond acceptors (Lipinski definition) is 7. The van der Waals surface area contributed by atoms with E-state index >= 15 is 0 Å². The molecule has 1 aliphatic rings. The van der Waals surface area contributed by atoms with Gasteiger partial charge in [-0.05, 0) is 19.5 Å². The van der Waals surface area contributed by atoms with Gasteiger partial charge in [0.15, 0.2) is 0 Å². The first-order valence-electron chi connectivity index (χ1n) is 7.80.